The van der Waals surface area contributed by atoms with E-state index in [1.807, 2.05) is 11.6 Å². The third-order valence-corrected chi connectivity index (χ3v) is 4.70. The zero-order valence-electron chi connectivity index (χ0n) is 13.8. The minimum Gasteiger partial charge on any atom is -0.321 e. The number of nitrogens with one attached hydrogen (secondary N) is 1. The van der Waals surface area contributed by atoms with Crippen LogP contribution >= 0.6 is 11.3 Å². The van der Waals surface area contributed by atoms with Gasteiger partial charge in [0.15, 0.2) is 5.69 Å². The molecular weight excluding hydrogens is 325 g/mol. The second-order valence-corrected chi connectivity index (χ2v) is 6.98. The molecule has 4 nitrogen and oxygen atoms in total. The van der Waals surface area contributed by atoms with Gasteiger partial charge in [0.25, 0.3) is 5.91 Å². The summed E-state index contributed by atoms with van der Waals surface area (Å²) in [5.74, 6) is -0.645. The predicted octanol–water partition coefficient (Wildman–Crippen LogP) is 4.64. The Balaban J connectivity index is 1.90. The zero-order valence-corrected chi connectivity index (χ0v) is 14.6. The monoisotopic (exact) mass is 343 g/mol. The molecule has 0 fully saturated rings. The van der Waals surface area contributed by atoms with E-state index in [4.69, 9.17) is 0 Å². The summed E-state index contributed by atoms with van der Waals surface area (Å²) in [5, 5.41) is 7.15. The van der Waals surface area contributed by atoms with Crippen LogP contribution in [-0.2, 0) is 6.54 Å². The third-order valence-electron chi connectivity index (χ3n) is 3.73. The number of hydrogen-bond acceptors (Lipinski definition) is 3. The Bertz CT molecular complexity index is 880. The smallest absolute Gasteiger partial charge is 0.276 e. The van der Waals surface area contributed by atoms with Crippen LogP contribution in [0.2, 0.25) is 0 Å². The van der Waals surface area contributed by atoms with Crippen molar-refractivity contribution in [2.45, 2.75) is 27.3 Å². The second kappa shape index (κ2) is 6.57. The van der Waals surface area contributed by atoms with Gasteiger partial charge in [-0.25, -0.2) is 4.39 Å². The summed E-state index contributed by atoms with van der Waals surface area (Å²) in [5.41, 5.74) is 2.92. The number of rotatable bonds is 4. The zero-order chi connectivity index (χ0) is 17.3. The molecule has 0 aliphatic carbocycles. The Kier molecular flexibility index (Phi) is 4.49. The summed E-state index contributed by atoms with van der Waals surface area (Å²) in [7, 11) is 0. The highest BCUT2D eigenvalue weighted by molar-refractivity contribution is 7.12. The lowest BCUT2D eigenvalue weighted by Crippen LogP contribution is -2.13. The van der Waals surface area contributed by atoms with Crippen LogP contribution in [0, 0.1) is 19.7 Å². The second-order valence-electron chi connectivity index (χ2n) is 5.52. The normalized spacial score (nSPS) is 10.8. The standard InChI is InChI=1S/C18H18FN3OS/c1-4-22-17(15-9-11(2)24-12(15)3)10-16(21-22)18(23)20-14-7-5-13(19)6-8-14/h5-10H,4H2,1-3H3,(H,20,23). The first kappa shape index (κ1) is 16.4. The van der Waals surface area contributed by atoms with E-state index in [2.05, 4.69) is 30.3 Å². The van der Waals surface area contributed by atoms with E-state index in [0.29, 0.717) is 17.9 Å². The van der Waals surface area contributed by atoms with Gasteiger partial charge in [-0.05, 0) is 57.2 Å². The summed E-state index contributed by atoms with van der Waals surface area (Å²) < 4.78 is 14.8. The molecule has 0 spiro atoms. The van der Waals surface area contributed by atoms with Crippen molar-refractivity contribution >= 4 is 22.9 Å². The van der Waals surface area contributed by atoms with Crippen LogP contribution in [0.5, 0.6) is 0 Å². The molecule has 2 heterocycles. The Morgan fingerprint density at radius 3 is 2.54 bits per heavy atom. The first-order valence-electron chi connectivity index (χ1n) is 7.70. The van der Waals surface area contributed by atoms with E-state index in [-0.39, 0.29) is 11.7 Å². The van der Waals surface area contributed by atoms with Crippen LogP contribution < -0.4 is 5.32 Å². The van der Waals surface area contributed by atoms with Gasteiger partial charge in [-0.15, -0.1) is 11.3 Å². The van der Waals surface area contributed by atoms with Gasteiger partial charge in [0, 0.05) is 27.5 Å². The number of aryl methyl sites for hydroxylation is 3. The first-order valence-corrected chi connectivity index (χ1v) is 8.51. The van der Waals surface area contributed by atoms with Crippen LogP contribution in [-0.4, -0.2) is 15.7 Å². The fourth-order valence-corrected chi connectivity index (χ4v) is 3.53. The highest BCUT2D eigenvalue weighted by Gasteiger charge is 2.17. The molecule has 0 bridgehead atoms. The highest BCUT2D eigenvalue weighted by Crippen LogP contribution is 2.31. The van der Waals surface area contributed by atoms with Crippen LogP contribution in [0.15, 0.2) is 36.4 Å². The van der Waals surface area contributed by atoms with Crippen molar-refractivity contribution in [2.75, 3.05) is 5.32 Å². The first-order chi connectivity index (χ1) is 11.5. The summed E-state index contributed by atoms with van der Waals surface area (Å²) in [6.07, 6.45) is 0. The molecule has 24 heavy (non-hydrogen) atoms. The summed E-state index contributed by atoms with van der Waals surface area (Å²) in [6, 6.07) is 9.59. The lowest BCUT2D eigenvalue weighted by Gasteiger charge is -2.03. The number of carbonyl (C=O) groups is 1. The van der Waals surface area contributed by atoms with Gasteiger partial charge in [0.05, 0.1) is 5.69 Å². The number of nitrogens with zero attached hydrogens (tertiary/aromatic N) is 2. The van der Waals surface area contributed by atoms with E-state index in [9.17, 15) is 9.18 Å². The minimum atomic E-state index is -0.339. The fourth-order valence-electron chi connectivity index (χ4n) is 2.60. The Morgan fingerprint density at radius 2 is 1.96 bits per heavy atom. The van der Waals surface area contributed by atoms with Crippen molar-refractivity contribution in [3.05, 3.63) is 57.7 Å². The molecule has 2 aromatic heterocycles. The van der Waals surface area contributed by atoms with E-state index >= 15 is 0 Å². The SMILES string of the molecule is CCn1nc(C(=O)Nc2ccc(F)cc2)cc1-c1cc(C)sc1C. The topological polar surface area (TPSA) is 46.9 Å². The number of benzene rings is 1. The van der Waals surface area contributed by atoms with E-state index in [0.717, 1.165) is 11.3 Å². The molecule has 3 aromatic rings. The maximum Gasteiger partial charge on any atom is 0.276 e. The van der Waals surface area contributed by atoms with Crippen LogP contribution in [0.4, 0.5) is 10.1 Å². The van der Waals surface area contributed by atoms with Crippen molar-refractivity contribution in [1.29, 1.82) is 0 Å². The largest absolute Gasteiger partial charge is 0.321 e. The number of thiophene rings is 1. The average molecular weight is 343 g/mol. The molecule has 0 unspecified atom stereocenters. The molecule has 0 aliphatic rings. The van der Waals surface area contributed by atoms with Gasteiger partial charge >= 0.3 is 0 Å². The quantitative estimate of drug-likeness (QED) is 0.750. The molecular formula is C18H18FN3OS. The number of anilines is 1. The van der Waals surface area contributed by atoms with Crippen LogP contribution in [0.1, 0.15) is 27.2 Å². The molecule has 1 N–H and O–H groups in total. The van der Waals surface area contributed by atoms with Crippen LogP contribution in [0.3, 0.4) is 0 Å². The highest BCUT2D eigenvalue weighted by atomic mass is 32.1. The molecule has 1 aromatic carbocycles. The molecule has 0 atom stereocenters. The van der Waals surface area contributed by atoms with Crippen molar-refractivity contribution in [2.24, 2.45) is 0 Å². The molecule has 0 aliphatic heterocycles. The molecule has 1 amide bonds. The number of aromatic nitrogens is 2. The molecule has 124 valence electrons. The molecule has 3 rings (SSSR count). The van der Waals surface area contributed by atoms with Crippen molar-refractivity contribution in [3.63, 3.8) is 0 Å². The van der Waals surface area contributed by atoms with Crippen molar-refractivity contribution in [3.8, 4) is 11.3 Å². The average Bonchev–Trinajstić information content (AvgIpc) is 3.12. The number of hydrogen-bond donors (Lipinski definition) is 1. The lowest BCUT2D eigenvalue weighted by molar-refractivity contribution is 0.102. The van der Waals surface area contributed by atoms with Gasteiger partial charge in [-0.2, -0.15) is 5.10 Å². The van der Waals surface area contributed by atoms with E-state index in [1.54, 1.807) is 17.4 Å². The number of halogens is 1. The number of amides is 1. The summed E-state index contributed by atoms with van der Waals surface area (Å²) in [4.78, 5) is 14.9. The summed E-state index contributed by atoms with van der Waals surface area (Å²) >= 11 is 1.73. The lowest BCUT2D eigenvalue weighted by atomic mass is 10.1. The Morgan fingerprint density at radius 1 is 1.25 bits per heavy atom. The van der Waals surface area contributed by atoms with Gasteiger partial charge < -0.3 is 5.32 Å². The van der Waals surface area contributed by atoms with E-state index < -0.39 is 0 Å². The predicted molar refractivity (Wildman–Crippen MR) is 95.0 cm³/mol. The van der Waals surface area contributed by atoms with Gasteiger partial charge in [0.1, 0.15) is 5.82 Å². The molecule has 0 saturated carbocycles. The van der Waals surface area contributed by atoms with Crippen molar-refractivity contribution in [1.82, 2.24) is 9.78 Å². The van der Waals surface area contributed by atoms with Gasteiger partial charge in [-0.3, -0.25) is 9.48 Å². The maximum absolute atomic E-state index is 12.9. The van der Waals surface area contributed by atoms with Crippen LogP contribution in [0.25, 0.3) is 11.3 Å². The van der Waals surface area contributed by atoms with Crippen molar-refractivity contribution < 1.29 is 9.18 Å². The van der Waals surface area contributed by atoms with Gasteiger partial charge in [-0.1, -0.05) is 0 Å². The third kappa shape index (κ3) is 3.23. The Labute approximate surface area is 143 Å². The Hall–Kier alpha value is -2.47. The molecule has 0 saturated heterocycles. The molecule has 0 radical (unpaired) electrons. The fraction of sp³-hybridized carbons (Fsp3) is 0.222. The van der Waals surface area contributed by atoms with E-state index in [1.165, 1.54) is 34.0 Å². The number of carbonyl (C=O) groups excluding carboxylic acids is 1. The minimum absolute atomic E-state index is 0.306. The van der Waals surface area contributed by atoms with Gasteiger partial charge in [0.2, 0.25) is 0 Å². The summed E-state index contributed by atoms with van der Waals surface area (Å²) in [6.45, 7) is 6.80. The maximum atomic E-state index is 12.9. The molecule has 6 heteroatoms.